The Morgan fingerprint density at radius 1 is 1.03 bits per heavy atom. The number of rotatable bonds is 6. The summed E-state index contributed by atoms with van der Waals surface area (Å²) in [5, 5.41) is 6.90. The van der Waals surface area contributed by atoms with Crippen LogP contribution in [0.4, 0.5) is 4.39 Å². The fourth-order valence-electron chi connectivity index (χ4n) is 3.08. The Morgan fingerprint density at radius 2 is 1.72 bits per heavy atom. The Kier molecular flexibility index (Phi) is 5.92. The lowest BCUT2D eigenvalue weighted by Crippen LogP contribution is -2.41. The molecule has 1 N–H and O–H groups in total. The number of halogens is 1. The van der Waals surface area contributed by atoms with Crippen molar-refractivity contribution in [2.75, 3.05) is 39.4 Å². The van der Waals surface area contributed by atoms with Gasteiger partial charge in [-0.1, -0.05) is 17.3 Å². The zero-order chi connectivity index (χ0) is 20.1. The minimum atomic E-state index is -0.327. The Morgan fingerprint density at radius 3 is 2.45 bits per heavy atom. The van der Waals surface area contributed by atoms with Crippen LogP contribution in [0.15, 0.2) is 53.1 Å². The van der Waals surface area contributed by atoms with Crippen molar-refractivity contribution in [3.63, 3.8) is 0 Å². The lowest BCUT2D eigenvalue weighted by Gasteiger charge is -2.26. The fourth-order valence-corrected chi connectivity index (χ4v) is 3.08. The number of morpholine rings is 1. The van der Waals surface area contributed by atoms with Crippen LogP contribution in [0.1, 0.15) is 10.4 Å². The number of hydrogen-bond donors (Lipinski definition) is 1. The van der Waals surface area contributed by atoms with Crippen LogP contribution in [0.2, 0.25) is 0 Å². The van der Waals surface area contributed by atoms with Crippen LogP contribution >= 0.6 is 0 Å². The van der Waals surface area contributed by atoms with Gasteiger partial charge in [-0.3, -0.25) is 9.69 Å². The predicted octanol–water partition coefficient (Wildman–Crippen LogP) is 2.60. The second-order valence-electron chi connectivity index (χ2n) is 6.72. The van der Waals surface area contributed by atoms with E-state index >= 15 is 0 Å². The number of hydrogen-bond acceptors (Lipinski definition) is 6. The summed E-state index contributed by atoms with van der Waals surface area (Å²) >= 11 is 0. The highest BCUT2D eigenvalue weighted by atomic mass is 19.1. The minimum absolute atomic E-state index is 0.120. The highest BCUT2D eigenvalue weighted by Crippen LogP contribution is 2.22. The van der Waals surface area contributed by atoms with Gasteiger partial charge in [0.2, 0.25) is 5.82 Å². The van der Waals surface area contributed by atoms with Gasteiger partial charge in [0.25, 0.3) is 11.8 Å². The van der Waals surface area contributed by atoms with Gasteiger partial charge in [0, 0.05) is 42.9 Å². The number of amides is 1. The molecule has 1 aromatic heterocycles. The average molecular weight is 396 g/mol. The van der Waals surface area contributed by atoms with E-state index in [-0.39, 0.29) is 11.7 Å². The summed E-state index contributed by atoms with van der Waals surface area (Å²) in [6, 6.07) is 12.8. The van der Waals surface area contributed by atoms with Crippen molar-refractivity contribution in [2.24, 2.45) is 0 Å². The van der Waals surface area contributed by atoms with E-state index in [0.29, 0.717) is 29.4 Å². The third-order valence-corrected chi connectivity index (χ3v) is 4.74. The van der Waals surface area contributed by atoms with Crippen LogP contribution in [-0.2, 0) is 4.74 Å². The first-order chi connectivity index (χ1) is 14.2. The standard InChI is InChI=1S/C21H21FN4O3/c22-18-7-5-17(6-8-18)21-24-19(25-29-21)15-1-3-16(4-2-15)20(27)23-9-10-26-11-13-28-14-12-26/h1-8H,9-14H2,(H,23,27). The van der Waals surface area contributed by atoms with E-state index in [9.17, 15) is 9.18 Å². The van der Waals surface area contributed by atoms with Gasteiger partial charge in [-0.25, -0.2) is 4.39 Å². The molecule has 2 heterocycles. The zero-order valence-electron chi connectivity index (χ0n) is 15.8. The number of nitrogens with zero attached hydrogens (tertiary/aromatic N) is 3. The van der Waals surface area contributed by atoms with E-state index in [1.807, 2.05) is 0 Å². The van der Waals surface area contributed by atoms with Gasteiger partial charge >= 0.3 is 0 Å². The number of benzene rings is 2. The zero-order valence-corrected chi connectivity index (χ0v) is 15.8. The van der Waals surface area contributed by atoms with E-state index in [1.165, 1.54) is 12.1 Å². The van der Waals surface area contributed by atoms with Gasteiger partial charge in [0.1, 0.15) is 5.82 Å². The van der Waals surface area contributed by atoms with Crippen molar-refractivity contribution in [1.82, 2.24) is 20.4 Å². The van der Waals surface area contributed by atoms with E-state index in [4.69, 9.17) is 9.26 Å². The molecule has 1 amide bonds. The maximum absolute atomic E-state index is 13.0. The molecule has 4 rings (SSSR count). The normalized spacial score (nSPS) is 14.7. The molecule has 1 saturated heterocycles. The summed E-state index contributed by atoms with van der Waals surface area (Å²) in [5.74, 6) is 0.269. The summed E-state index contributed by atoms with van der Waals surface area (Å²) in [7, 11) is 0. The number of nitrogens with one attached hydrogen (secondary N) is 1. The maximum atomic E-state index is 13.0. The Labute approximate surface area is 167 Å². The number of aromatic nitrogens is 2. The molecule has 0 saturated carbocycles. The minimum Gasteiger partial charge on any atom is -0.379 e. The highest BCUT2D eigenvalue weighted by molar-refractivity contribution is 5.94. The van der Waals surface area contributed by atoms with E-state index in [0.717, 1.165) is 38.4 Å². The van der Waals surface area contributed by atoms with Gasteiger partial charge < -0.3 is 14.6 Å². The molecule has 3 aromatic rings. The summed E-state index contributed by atoms with van der Waals surface area (Å²) in [5.41, 5.74) is 1.94. The molecule has 0 radical (unpaired) electrons. The molecule has 0 bridgehead atoms. The molecule has 0 unspecified atom stereocenters. The fraction of sp³-hybridized carbons (Fsp3) is 0.286. The first-order valence-corrected chi connectivity index (χ1v) is 9.47. The van der Waals surface area contributed by atoms with Crippen LogP contribution < -0.4 is 5.32 Å². The highest BCUT2D eigenvalue weighted by Gasteiger charge is 2.13. The topological polar surface area (TPSA) is 80.5 Å². The largest absolute Gasteiger partial charge is 0.379 e. The van der Waals surface area contributed by atoms with Crippen LogP contribution in [0.5, 0.6) is 0 Å². The van der Waals surface area contributed by atoms with Gasteiger partial charge in [0.05, 0.1) is 13.2 Å². The van der Waals surface area contributed by atoms with E-state index < -0.39 is 0 Å². The third kappa shape index (κ3) is 4.85. The van der Waals surface area contributed by atoms with E-state index in [2.05, 4.69) is 20.4 Å². The molecule has 1 fully saturated rings. The summed E-state index contributed by atoms with van der Waals surface area (Å²) in [6.45, 7) is 4.68. The van der Waals surface area contributed by atoms with Crippen molar-refractivity contribution in [2.45, 2.75) is 0 Å². The number of carbonyl (C=O) groups excluding carboxylic acids is 1. The van der Waals surface area contributed by atoms with Gasteiger partial charge in [-0.15, -0.1) is 0 Å². The Bertz CT molecular complexity index is 951. The van der Waals surface area contributed by atoms with Crippen molar-refractivity contribution in [1.29, 1.82) is 0 Å². The van der Waals surface area contributed by atoms with Gasteiger partial charge in [-0.2, -0.15) is 4.98 Å². The number of ether oxygens (including phenoxy) is 1. The van der Waals surface area contributed by atoms with Crippen LogP contribution in [-0.4, -0.2) is 60.3 Å². The molecule has 29 heavy (non-hydrogen) atoms. The van der Waals surface area contributed by atoms with Crippen molar-refractivity contribution in [3.8, 4) is 22.8 Å². The first-order valence-electron chi connectivity index (χ1n) is 9.47. The van der Waals surface area contributed by atoms with Crippen molar-refractivity contribution in [3.05, 3.63) is 59.9 Å². The molecule has 1 aliphatic heterocycles. The SMILES string of the molecule is O=C(NCCN1CCOCC1)c1ccc(-c2noc(-c3ccc(F)cc3)n2)cc1. The quantitative estimate of drug-likeness (QED) is 0.690. The van der Waals surface area contributed by atoms with Crippen LogP contribution in [0, 0.1) is 5.82 Å². The van der Waals surface area contributed by atoms with Crippen LogP contribution in [0.3, 0.4) is 0 Å². The molecule has 150 valence electrons. The summed E-state index contributed by atoms with van der Waals surface area (Å²) in [4.78, 5) is 18.9. The Hall–Kier alpha value is -3.10. The van der Waals surface area contributed by atoms with Crippen LogP contribution in [0.25, 0.3) is 22.8 Å². The first kappa shape index (κ1) is 19.2. The second-order valence-corrected chi connectivity index (χ2v) is 6.72. The summed E-state index contributed by atoms with van der Waals surface area (Å²) < 4.78 is 23.6. The molecule has 2 aromatic carbocycles. The molecule has 7 nitrogen and oxygen atoms in total. The van der Waals surface area contributed by atoms with Gasteiger partial charge in [-0.05, 0) is 36.4 Å². The molecular weight excluding hydrogens is 375 g/mol. The Balaban J connectivity index is 1.35. The molecular formula is C21H21FN4O3. The average Bonchev–Trinajstić information content (AvgIpc) is 3.25. The molecule has 0 atom stereocenters. The molecule has 0 aliphatic carbocycles. The van der Waals surface area contributed by atoms with Crippen molar-refractivity contribution < 1.29 is 18.4 Å². The molecule has 1 aliphatic rings. The molecule has 8 heteroatoms. The maximum Gasteiger partial charge on any atom is 0.258 e. The van der Waals surface area contributed by atoms with Gasteiger partial charge in [0.15, 0.2) is 0 Å². The summed E-state index contributed by atoms with van der Waals surface area (Å²) in [6.07, 6.45) is 0. The smallest absolute Gasteiger partial charge is 0.258 e. The monoisotopic (exact) mass is 396 g/mol. The lowest BCUT2D eigenvalue weighted by molar-refractivity contribution is 0.0383. The van der Waals surface area contributed by atoms with E-state index in [1.54, 1.807) is 36.4 Å². The molecule has 0 spiro atoms. The third-order valence-electron chi connectivity index (χ3n) is 4.74. The lowest BCUT2D eigenvalue weighted by atomic mass is 10.1. The predicted molar refractivity (Wildman–Crippen MR) is 105 cm³/mol. The number of carbonyl (C=O) groups is 1. The second kappa shape index (κ2) is 8.93. The van der Waals surface area contributed by atoms with Crippen molar-refractivity contribution >= 4 is 5.91 Å².